The van der Waals surface area contributed by atoms with Crippen molar-refractivity contribution in [1.29, 1.82) is 0 Å². The summed E-state index contributed by atoms with van der Waals surface area (Å²) in [7, 11) is 0. The van der Waals surface area contributed by atoms with Crippen LogP contribution in [-0.2, 0) is 0 Å². The molecule has 5 nitrogen and oxygen atoms in total. The SMILES string of the molecule is CC1CCN(c2cc(C(=O)N3CCN(c4cccc(Cl)c4)CC3)ccn2)CC1. The molecule has 148 valence electrons. The first-order valence-electron chi connectivity index (χ1n) is 10.1. The zero-order valence-corrected chi connectivity index (χ0v) is 17.1. The average molecular weight is 399 g/mol. The maximum absolute atomic E-state index is 13.0. The average Bonchev–Trinajstić information content (AvgIpc) is 2.74. The van der Waals surface area contributed by atoms with E-state index >= 15 is 0 Å². The Morgan fingerprint density at radius 1 is 1.00 bits per heavy atom. The molecule has 0 N–H and O–H groups in total. The highest BCUT2D eigenvalue weighted by Gasteiger charge is 2.24. The first-order chi connectivity index (χ1) is 13.6. The van der Waals surface area contributed by atoms with Gasteiger partial charge in [-0.2, -0.15) is 0 Å². The molecule has 0 saturated carbocycles. The van der Waals surface area contributed by atoms with E-state index in [1.807, 2.05) is 35.2 Å². The number of hydrogen-bond acceptors (Lipinski definition) is 4. The topological polar surface area (TPSA) is 39.7 Å². The molecular weight excluding hydrogens is 372 g/mol. The molecule has 3 heterocycles. The van der Waals surface area contributed by atoms with E-state index in [4.69, 9.17) is 11.6 Å². The first kappa shape index (κ1) is 19.1. The molecule has 0 aliphatic carbocycles. The molecule has 2 aliphatic rings. The molecule has 4 rings (SSSR count). The van der Waals surface area contributed by atoms with Gasteiger partial charge in [-0.3, -0.25) is 4.79 Å². The number of halogens is 1. The molecule has 2 saturated heterocycles. The van der Waals surface area contributed by atoms with Crippen LogP contribution < -0.4 is 9.80 Å². The van der Waals surface area contributed by atoms with Crippen LogP contribution in [0.25, 0.3) is 0 Å². The van der Waals surface area contributed by atoms with Crippen LogP contribution >= 0.6 is 11.6 Å². The van der Waals surface area contributed by atoms with E-state index in [-0.39, 0.29) is 5.91 Å². The molecular formula is C22H27ClN4O. The van der Waals surface area contributed by atoms with E-state index < -0.39 is 0 Å². The molecule has 0 spiro atoms. The zero-order chi connectivity index (χ0) is 19.5. The van der Waals surface area contributed by atoms with Gasteiger partial charge in [-0.1, -0.05) is 24.6 Å². The third-order valence-electron chi connectivity index (χ3n) is 5.84. The summed E-state index contributed by atoms with van der Waals surface area (Å²) < 4.78 is 0. The van der Waals surface area contributed by atoms with Gasteiger partial charge < -0.3 is 14.7 Å². The number of anilines is 2. The van der Waals surface area contributed by atoms with Gasteiger partial charge in [0.15, 0.2) is 0 Å². The normalized spacial score (nSPS) is 18.4. The number of nitrogens with zero attached hydrogens (tertiary/aromatic N) is 4. The van der Waals surface area contributed by atoms with E-state index in [1.165, 1.54) is 12.8 Å². The molecule has 2 aliphatic heterocycles. The Morgan fingerprint density at radius 3 is 2.46 bits per heavy atom. The zero-order valence-electron chi connectivity index (χ0n) is 16.4. The van der Waals surface area contributed by atoms with Gasteiger partial charge in [-0.05, 0) is 49.1 Å². The number of piperazine rings is 1. The maximum atomic E-state index is 13.0. The minimum atomic E-state index is 0.0970. The highest BCUT2D eigenvalue weighted by Crippen LogP contribution is 2.24. The predicted molar refractivity (Wildman–Crippen MR) is 114 cm³/mol. The quantitative estimate of drug-likeness (QED) is 0.785. The lowest BCUT2D eigenvalue weighted by Crippen LogP contribution is -2.48. The van der Waals surface area contributed by atoms with Crippen molar-refractivity contribution in [2.24, 2.45) is 5.92 Å². The molecule has 6 heteroatoms. The fourth-order valence-electron chi connectivity index (χ4n) is 3.99. The summed E-state index contributed by atoms with van der Waals surface area (Å²) >= 11 is 6.11. The summed E-state index contributed by atoms with van der Waals surface area (Å²) in [6.45, 7) is 7.39. The van der Waals surface area contributed by atoms with Crippen molar-refractivity contribution < 1.29 is 4.79 Å². The van der Waals surface area contributed by atoms with Gasteiger partial charge in [-0.25, -0.2) is 4.98 Å². The van der Waals surface area contributed by atoms with Crippen LogP contribution in [0.15, 0.2) is 42.6 Å². The number of piperidine rings is 1. The molecule has 0 bridgehead atoms. The minimum absolute atomic E-state index is 0.0970. The van der Waals surface area contributed by atoms with Crippen molar-refractivity contribution >= 4 is 29.0 Å². The standard InChI is InChI=1S/C22H27ClN4O/c1-17-6-9-26(10-7-17)21-15-18(5-8-24-21)22(28)27-13-11-25(12-14-27)20-4-2-3-19(23)16-20/h2-5,8,15-17H,6-7,9-14H2,1H3. The molecule has 0 radical (unpaired) electrons. The largest absolute Gasteiger partial charge is 0.368 e. The van der Waals surface area contributed by atoms with Crippen molar-refractivity contribution in [3.8, 4) is 0 Å². The Bertz CT molecular complexity index is 827. The van der Waals surface area contributed by atoms with E-state index in [0.717, 1.165) is 54.2 Å². The van der Waals surface area contributed by atoms with Gasteiger partial charge in [0.2, 0.25) is 0 Å². The number of benzene rings is 1. The van der Waals surface area contributed by atoms with E-state index in [9.17, 15) is 4.79 Å². The van der Waals surface area contributed by atoms with Crippen molar-refractivity contribution in [3.05, 3.63) is 53.2 Å². The highest BCUT2D eigenvalue weighted by molar-refractivity contribution is 6.30. The molecule has 2 fully saturated rings. The fraction of sp³-hybridized carbons (Fsp3) is 0.455. The number of aromatic nitrogens is 1. The lowest BCUT2D eigenvalue weighted by Gasteiger charge is -2.36. The molecule has 0 unspecified atom stereocenters. The number of amides is 1. The summed E-state index contributed by atoms with van der Waals surface area (Å²) in [5.41, 5.74) is 1.85. The summed E-state index contributed by atoms with van der Waals surface area (Å²) in [5, 5.41) is 0.743. The first-order valence-corrected chi connectivity index (χ1v) is 10.5. The number of rotatable bonds is 3. The predicted octanol–water partition coefficient (Wildman–Crippen LogP) is 3.93. The summed E-state index contributed by atoms with van der Waals surface area (Å²) in [6, 6.07) is 11.7. The second kappa shape index (κ2) is 8.39. The number of pyridine rings is 1. The second-order valence-electron chi connectivity index (χ2n) is 7.83. The van der Waals surface area contributed by atoms with Crippen molar-refractivity contribution in [2.45, 2.75) is 19.8 Å². The van der Waals surface area contributed by atoms with E-state index in [0.29, 0.717) is 13.1 Å². The third-order valence-corrected chi connectivity index (χ3v) is 6.08. The van der Waals surface area contributed by atoms with Crippen LogP contribution in [0.3, 0.4) is 0 Å². The third kappa shape index (κ3) is 4.25. The van der Waals surface area contributed by atoms with Gasteiger partial charge in [0.25, 0.3) is 5.91 Å². The summed E-state index contributed by atoms with van der Waals surface area (Å²) in [4.78, 5) is 24.1. The van der Waals surface area contributed by atoms with Crippen LogP contribution in [0.5, 0.6) is 0 Å². The molecule has 2 aromatic rings. The Morgan fingerprint density at radius 2 is 1.75 bits per heavy atom. The molecule has 1 amide bonds. The smallest absolute Gasteiger partial charge is 0.254 e. The van der Waals surface area contributed by atoms with Gasteiger partial charge in [0, 0.05) is 61.7 Å². The minimum Gasteiger partial charge on any atom is -0.368 e. The molecule has 1 aromatic heterocycles. The Kier molecular flexibility index (Phi) is 5.72. The summed E-state index contributed by atoms with van der Waals surface area (Å²) in [5.74, 6) is 1.80. The highest BCUT2D eigenvalue weighted by atomic mass is 35.5. The molecule has 0 atom stereocenters. The van der Waals surface area contributed by atoms with Crippen LogP contribution in [0, 0.1) is 5.92 Å². The fourth-order valence-corrected chi connectivity index (χ4v) is 4.17. The van der Waals surface area contributed by atoms with Crippen LogP contribution in [0.1, 0.15) is 30.1 Å². The van der Waals surface area contributed by atoms with Crippen molar-refractivity contribution in [3.63, 3.8) is 0 Å². The van der Waals surface area contributed by atoms with Crippen LogP contribution in [-0.4, -0.2) is 55.1 Å². The lowest BCUT2D eigenvalue weighted by molar-refractivity contribution is 0.0746. The number of hydrogen-bond donors (Lipinski definition) is 0. The molecule has 28 heavy (non-hydrogen) atoms. The van der Waals surface area contributed by atoms with Gasteiger partial charge in [0.05, 0.1) is 0 Å². The van der Waals surface area contributed by atoms with Crippen LogP contribution in [0.2, 0.25) is 5.02 Å². The van der Waals surface area contributed by atoms with Crippen LogP contribution in [0.4, 0.5) is 11.5 Å². The number of carbonyl (C=O) groups is 1. The van der Waals surface area contributed by atoms with Gasteiger partial charge in [0.1, 0.15) is 5.82 Å². The van der Waals surface area contributed by atoms with Gasteiger partial charge >= 0.3 is 0 Å². The van der Waals surface area contributed by atoms with Crippen molar-refractivity contribution in [2.75, 3.05) is 49.1 Å². The Balaban J connectivity index is 1.39. The van der Waals surface area contributed by atoms with E-state index in [2.05, 4.69) is 27.8 Å². The monoisotopic (exact) mass is 398 g/mol. The van der Waals surface area contributed by atoms with Crippen molar-refractivity contribution in [1.82, 2.24) is 9.88 Å². The Hall–Kier alpha value is -2.27. The maximum Gasteiger partial charge on any atom is 0.254 e. The number of carbonyl (C=O) groups excluding carboxylic acids is 1. The second-order valence-corrected chi connectivity index (χ2v) is 8.27. The van der Waals surface area contributed by atoms with Gasteiger partial charge in [-0.15, -0.1) is 0 Å². The lowest BCUT2D eigenvalue weighted by atomic mass is 9.99. The molecule has 1 aromatic carbocycles. The van der Waals surface area contributed by atoms with E-state index in [1.54, 1.807) is 6.20 Å². The Labute approximate surface area is 171 Å². The summed E-state index contributed by atoms with van der Waals surface area (Å²) in [6.07, 6.45) is 4.14.